The van der Waals surface area contributed by atoms with Gasteiger partial charge >= 0.3 is 0 Å². The van der Waals surface area contributed by atoms with Gasteiger partial charge in [0.25, 0.3) is 11.5 Å². The summed E-state index contributed by atoms with van der Waals surface area (Å²) < 4.78 is 1.74. The molecular weight excluding hydrogens is 424 g/mol. The van der Waals surface area contributed by atoms with E-state index < -0.39 is 0 Å². The van der Waals surface area contributed by atoms with Gasteiger partial charge in [0.05, 0.1) is 10.9 Å². The Morgan fingerprint density at radius 2 is 1.88 bits per heavy atom. The summed E-state index contributed by atoms with van der Waals surface area (Å²) in [5, 5.41) is 3.56. The molecule has 0 bridgehead atoms. The molecule has 0 atom stereocenters. The van der Waals surface area contributed by atoms with Crippen molar-refractivity contribution in [2.45, 2.75) is 57.5 Å². The van der Waals surface area contributed by atoms with Crippen molar-refractivity contribution in [2.75, 3.05) is 13.1 Å². The molecule has 2 N–H and O–H groups in total. The van der Waals surface area contributed by atoms with Crippen molar-refractivity contribution >= 4 is 34.9 Å². The number of piperidine rings is 1. The fourth-order valence-corrected chi connectivity index (χ4v) is 5.08. The number of benzene rings is 1. The van der Waals surface area contributed by atoms with E-state index in [0.717, 1.165) is 38.5 Å². The molecule has 1 aliphatic heterocycles. The van der Waals surface area contributed by atoms with E-state index in [4.69, 9.17) is 12.2 Å². The minimum absolute atomic E-state index is 0.0349. The molecule has 1 aromatic carbocycles. The Morgan fingerprint density at radius 3 is 2.56 bits per heavy atom. The molecule has 1 saturated carbocycles. The maximum absolute atomic E-state index is 12.8. The Labute approximate surface area is 192 Å². The molecule has 0 radical (unpaired) electrons. The standard InChI is InChI=1S/C24H30N4O3S/c1-2-12-28-23(31)19-9-8-17(15-20(19)26-24(28)32)21(29)25-18-10-13-27(14-11-18)22(30)16-6-4-3-5-7-16/h2,8-9,15-16,18H,1,3-7,10-14H2,(H,25,29)(H,26,32). The van der Waals surface area contributed by atoms with Crippen LogP contribution >= 0.6 is 12.2 Å². The van der Waals surface area contributed by atoms with Crippen LogP contribution in [0.3, 0.4) is 0 Å². The van der Waals surface area contributed by atoms with Crippen molar-refractivity contribution in [1.29, 1.82) is 0 Å². The van der Waals surface area contributed by atoms with Gasteiger partial charge in [-0.15, -0.1) is 6.58 Å². The van der Waals surface area contributed by atoms with Crippen LogP contribution in [0.1, 0.15) is 55.3 Å². The third-order valence-corrected chi connectivity index (χ3v) is 6.97. The Kier molecular flexibility index (Phi) is 6.89. The third-order valence-electron chi connectivity index (χ3n) is 6.65. The van der Waals surface area contributed by atoms with Gasteiger partial charge < -0.3 is 15.2 Å². The van der Waals surface area contributed by atoms with Crippen molar-refractivity contribution in [3.8, 4) is 0 Å². The summed E-state index contributed by atoms with van der Waals surface area (Å²) >= 11 is 5.28. The number of aromatic nitrogens is 2. The van der Waals surface area contributed by atoms with Gasteiger partial charge in [0, 0.05) is 37.2 Å². The molecule has 2 aromatic rings. The van der Waals surface area contributed by atoms with E-state index in [2.05, 4.69) is 16.9 Å². The molecule has 4 rings (SSSR count). The highest BCUT2D eigenvalue weighted by molar-refractivity contribution is 7.71. The Morgan fingerprint density at radius 1 is 1.16 bits per heavy atom. The molecule has 2 amide bonds. The van der Waals surface area contributed by atoms with Crippen LogP contribution < -0.4 is 10.9 Å². The zero-order valence-corrected chi connectivity index (χ0v) is 19.1. The number of likely N-dealkylation sites (tertiary alicyclic amines) is 1. The van der Waals surface area contributed by atoms with Gasteiger partial charge in [-0.25, -0.2) is 0 Å². The van der Waals surface area contributed by atoms with Crippen molar-refractivity contribution in [2.24, 2.45) is 5.92 Å². The Hall–Kier alpha value is -2.74. The summed E-state index contributed by atoms with van der Waals surface area (Å²) in [5.41, 5.74) is 0.816. The van der Waals surface area contributed by atoms with E-state index in [1.165, 1.54) is 11.0 Å². The average molecular weight is 455 g/mol. The number of nitrogens with one attached hydrogen (secondary N) is 2. The predicted molar refractivity (Wildman–Crippen MR) is 127 cm³/mol. The topological polar surface area (TPSA) is 87.2 Å². The van der Waals surface area contributed by atoms with Crippen LogP contribution in [0.4, 0.5) is 0 Å². The molecule has 1 saturated heterocycles. The highest BCUT2D eigenvalue weighted by Crippen LogP contribution is 2.26. The summed E-state index contributed by atoms with van der Waals surface area (Å²) in [6, 6.07) is 5.02. The first-order chi connectivity index (χ1) is 15.5. The van der Waals surface area contributed by atoms with E-state index in [9.17, 15) is 14.4 Å². The monoisotopic (exact) mass is 454 g/mol. The average Bonchev–Trinajstić information content (AvgIpc) is 2.82. The number of allylic oxidation sites excluding steroid dienone is 1. The van der Waals surface area contributed by atoms with Gasteiger partial charge in [-0.05, 0) is 56.1 Å². The van der Waals surface area contributed by atoms with E-state index >= 15 is 0 Å². The van der Waals surface area contributed by atoms with Crippen molar-refractivity contribution in [3.05, 3.63) is 51.5 Å². The molecular formula is C24H30N4O3S. The first-order valence-corrected chi connectivity index (χ1v) is 11.9. The quantitative estimate of drug-likeness (QED) is 0.534. The second kappa shape index (κ2) is 9.81. The number of carbonyl (C=O) groups excluding carboxylic acids is 2. The van der Waals surface area contributed by atoms with E-state index in [1.807, 2.05) is 4.90 Å². The highest BCUT2D eigenvalue weighted by Gasteiger charge is 2.29. The number of hydrogen-bond acceptors (Lipinski definition) is 4. The van der Waals surface area contributed by atoms with Gasteiger partial charge in [0.15, 0.2) is 4.77 Å². The van der Waals surface area contributed by atoms with Gasteiger partial charge in [-0.3, -0.25) is 19.0 Å². The largest absolute Gasteiger partial charge is 0.349 e. The lowest BCUT2D eigenvalue weighted by molar-refractivity contribution is -0.137. The number of nitrogens with zero attached hydrogens (tertiary/aromatic N) is 2. The van der Waals surface area contributed by atoms with Crippen LogP contribution in [-0.2, 0) is 11.3 Å². The number of aromatic amines is 1. The molecule has 170 valence electrons. The maximum Gasteiger partial charge on any atom is 0.262 e. The summed E-state index contributed by atoms with van der Waals surface area (Å²) in [7, 11) is 0. The van der Waals surface area contributed by atoms with Crippen molar-refractivity contribution < 1.29 is 9.59 Å². The molecule has 1 aliphatic carbocycles. The molecule has 2 fully saturated rings. The SMILES string of the molecule is C=CCn1c(=S)[nH]c2cc(C(=O)NC3CCN(C(=O)C4CCCCC4)CC3)ccc2c1=O. The second-order valence-electron chi connectivity index (χ2n) is 8.80. The smallest absolute Gasteiger partial charge is 0.262 e. The normalized spacial score (nSPS) is 17.9. The minimum atomic E-state index is -0.203. The number of hydrogen-bond donors (Lipinski definition) is 2. The van der Waals surface area contributed by atoms with Gasteiger partial charge in [0.2, 0.25) is 5.91 Å². The third kappa shape index (κ3) is 4.70. The molecule has 0 spiro atoms. The molecule has 7 nitrogen and oxygen atoms in total. The lowest BCUT2D eigenvalue weighted by Gasteiger charge is -2.35. The summed E-state index contributed by atoms with van der Waals surface area (Å²) in [5.74, 6) is 0.300. The van der Waals surface area contributed by atoms with E-state index in [-0.39, 0.29) is 23.4 Å². The molecule has 0 unspecified atom stereocenters. The summed E-state index contributed by atoms with van der Waals surface area (Å²) in [6.07, 6.45) is 8.70. The summed E-state index contributed by atoms with van der Waals surface area (Å²) in [6.45, 7) is 5.36. The molecule has 1 aromatic heterocycles. The zero-order valence-electron chi connectivity index (χ0n) is 18.3. The van der Waals surface area contributed by atoms with Crippen molar-refractivity contribution in [3.63, 3.8) is 0 Å². The lowest BCUT2D eigenvalue weighted by atomic mass is 9.87. The molecule has 8 heteroatoms. The van der Waals surface area contributed by atoms with Gasteiger partial charge in [-0.1, -0.05) is 25.3 Å². The van der Waals surface area contributed by atoms with Crippen LogP contribution in [0.25, 0.3) is 10.9 Å². The Balaban J connectivity index is 1.39. The van der Waals surface area contributed by atoms with Gasteiger partial charge in [-0.2, -0.15) is 0 Å². The highest BCUT2D eigenvalue weighted by atomic mass is 32.1. The lowest BCUT2D eigenvalue weighted by Crippen LogP contribution is -2.48. The van der Waals surface area contributed by atoms with Crippen LogP contribution in [0, 0.1) is 10.7 Å². The van der Waals surface area contributed by atoms with Crippen LogP contribution in [0.15, 0.2) is 35.6 Å². The molecule has 32 heavy (non-hydrogen) atoms. The zero-order chi connectivity index (χ0) is 22.7. The summed E-state index contributed by atoms with van der Waals surface area (Å²) in [4.78, 5) is 43.2. The molecule has 2 aliphatic rings. The number of amides is 2. The van der Waals surface area contributed by atoms with E-state index in [1.54, 1.807) is 24.3 Å². The first kappa shape index (κ1) is 22.5. The van der Waals surface area contributed by atoms with Crippen LogP contribution in [0.5, 0.6) is 0 Å². The predicted octanol–water partition coefficient (Wildman–Crippen LogP) is 3.55. The first-order valence-electron chi connectivity index (χ1n) is 11.5. The number of rotatable bonds is 5. The maximum atomic E-state index is 12.8. The van der Waals surface area contributed by atoms with Gasteiger partial charge in [0.1, 0.15) is 0 Å². The second-order valence-corrected chi connectivity index (χ2v) is 9.19. The van der Waals surface area contributed by atoms with Crippen LogP contribution in [0.2, 0.25) is 0 Å². The minimum Gasteiger partial charge on any atom is -0.349 e. The van der Waals surface area contributed by atoms with Crippen LogP contribution in [-0.4, -0.2) is 45.4 Å². The fourth-order valence-electron chi connectivity index (χ4n) is 4.81. The fraction of sp³-hybridized carbons (Fsp3) is 0.500. The number of fused-ring (bicyclic) bond motifs is 1. The van der Waals surface area contributed by atoms with Crippen molar-refractivity contribution in [1.82, 2.24) is 19.8 Å². The van der Waals surface area contributed by atoms with E-state index in [0.29, 0.717) is 46.8 Å². The Bertz CT molecular complexity index is 1140. The molecule has 2 heterocycles. The number of H-pyrrole nitrogens is 1. The number of carbonyl (C=O) groups is 2.